The van der Waals surface area contributed by atoms with Crippen LogP contribution in [0.5, 0.6) is 0 Å². The van der Waals surface area contributed by atoms with Crippen LogP contribution in [0.3, 0.4) is 0 Å². The molecule has 0 amide bonds. The average molecular weight is 313 g/mol. The van der Waals surface area contributed by atoms with Crippen molar-refractivity contribution in [2.45, 2.75) is 11.8 Å². The van der Waals surface area contributed by atoms with Gasteiger partial charge in [-0.1, -0.05) is 42.5 Å². The summed E-state index contributed by atoms with van der Waals surface area (Å²) >= 11 is 0. The Morgan fingerprint density at radius 1 is 0.955 bits per heavy atom. The number of rotatable bonds is 3. The van der Waals surface area contributed by atoms with Gasteiger partial charge in [0.1, 0.15) is 5.69 Å². The second-order valence-electron chi connectivity index (χ2n) is 5.04. The van der Waals surface area contributed by atoms with Gasteiger partial charge in [-0.2, -0.15) is 0 Å². The Balaban J connectivity index is 2.28. The van der Waals surface area contributed by atoms with Crippen LogP contribution in [0.4, 0.5) is 0 Å². The Morgan fingerprint density at radius 2 is 1.59 bits per heavy atom. The molecule has 0 fully saturated rings. The summed E-state index contributed by atoms with van der Waals surface area (Å²) in [7, 11) is -3.36. The number of nitrogens with zero attached hydrogens (tertiary/aromatic N) is 1. The molecule has 0 radical (unpaired) electrons. The number of hydrogen-bond donors (Lipinski definition) is 0. The van der Waals surface area contributed by atoms with Crippen LogP contribution in [0.1, 0.15) is 5.89 Å². The average Bonchev–Trinajstić information content (AvgIpc) is 2.89. The number of aromatic nitrogens is 1. The SMILES string of the molecule is Cc1nc(-c2ccccc2)c(-c2ccccc2S(C)(=O)=O)o1. The Kier molecular flexibility index (Phi) is 3.58. The van der Waals surface area contributed by atoms with Gasteiger partial charge < -0.3 is 4.42 Å². The second-order valence-corrected chi connectivity index (χ2v) is 7.03. The minimum Gasteiger partial charge on any atom is -0.440 e. The molecule has 0 aliphatic rings. The predicted octanol–water partition coefficient (Wildman–Crippen LogP) is 3.72. The molecule has 112 valence electrons. The van der Waals surface area contributed by atoms with Crippen molar-refractivity contribution in [3.05, 3.63) is 60.5 Å². The fourth-order valence-electron chi connectivity index (χ4n) is 2.38. The number of oxazole rings is 1. The van der Waals surface area contributed by atoms with Gasteiger partial charge in [0.25, 0.3) is 0 Å². The predicted molar refractivity (Wildman–Crippen MR) is 85.2 cm³/mol. The number of aryl methyl sites for hydroxylation is 1. The van der Waals surface area contributed by atoms with E-state index in [0.717, 1.165) is 5.56 Å². The first-order valence-corrected chi connectivity index (χ1v) is 8.68. The summed E-state index contributed by atoms with van der Waals surface area (Å²) < 4.78 is 29.8. The van der Waals surface area contributed by atoms with E-state index in [-0.39, 0.29) is 4.90 Å². The van der Waals surface area contributed by atoms with Crippen LogP contribution in [-0.4, -0.2) is 19.7 Å². The molecule has 3 aromatic rings. The van der Waals surface area contributed by atoms with Crippen molar-refractivity contribution < 1.29 is 12.8 Å². The largest absolute Gasteiger partial charge is 0.440 e. The summed E-state index contributed by atoms with van der Waals surface area (Å²) in [4.78, 5) is 4.66. The molecule has 0 atom stereocenters. The quantitative estimate of drug-likeness (QED) is 0.739. The molecule has 0 aliphatic heterocycles. The fraction of sp³-hybridized carbons (Fsp3) is 0.118. The number of hydrogen-bond acceptors (Lipinski definition) is 4. The normalized spacial score (nSPS) is 11.5. The van der Waals surface area contributed by atoms with Crippen LogP contribution in [-0.2, 0) is 9.84 Å². The number of benzene rings is 2. The van der Waals surface area contributed by atoms with Crippen molar-refractivity contribution in [2.75, 3.05) is 6.26 Å². The van der Waals surface area contributed by atoms with Gasteiger partial charge in [0.2, 0.25) is 0 Å². The van der Waals surface area contributed by atoms with Gasteiger partial charge in [-0.05, 0) is 12.1 Å². The van der Waals surface area contributed by atoms with Gasteiger partial charge in [0, 0.05) is 24.3 Å². The van der Waals surface area contributed by atoms with Crippen LogP contribution >= 0.6 is 0 Å². The van der Waals surface area contributed by atoms with Crippen LogP contribution in [0.25, 0.3) is 22.6 Å². The molecule has 4 nitrogen and oxygen atoms in total. The van der Waals surface area contributed by atoms with E-state index in [4.69, 9.17) is 4.42 Å². The highest BCUT2D eigenvalue weighted by molar-refractivity contribution is 7.90. The van der Waals surface area contributed by atoms with E-state index in [1.165, 1.54) is 6.26 Å². The van der Waals surface area contributed by atoms with Crippen LogP contribution in [0.2, 0.25) is 0 Å². The molecule has 0 bridgehead atoms. The third-order valence-corrected chi connectivity index (χ3v) is 4.47. The molecule has 0 N–H and O–H groups in total. The zero-order valence-electron chi connectivity index (χ0n) is 12.3. The molecule has 0 aliphatic carbocycles. The maximum atomic E-state index is 12.0. The lowest BCUT2D eigenvalue weighted by Gasteiger charge is -2.07. The molecule has 5 heteroatoms. The van der Waals surface area contributed by atoms with E-state index in [2.05, 4.69) is 4.98 Å². The molecular formula is C17H15NO3S. The van der Waals surface area contributed by atoms with E-state index in [1.54, 1.807) is 31.2 Å². The molecular weight excluding hydrogens is 298 g/mol. The van der Waals surface area contributed by atoms with E-state index in [1.807, 2.05) is 30.3 Å². The van der Waals surface area contributed by atoms with Gasteiger partial charge in [0.15, 0.2) is 21.5 Å². The lowest BCUT2D eigenvalue weighted by atomic mass is 10.1. The van der Waals surface area contributed by atoms with Crippen molar-refractivity contribution in [1.82, 2.24) is 4.98 Å². The molecule has 1 heterocycles. The Hall–Kier alpha value is -2.40. The molecule has 0 saturated heterocycles. The van der Waals surface area contributed by atoms with Crippen LogP contribution in [0, 0.1) is 6.92 Å². The van der Waals surface area contributed by atoms with Crippen molar-refractivity contribution in [3.63, 3.8) is 0 Å². The zero-order valence-corrected chi connectivity index (χ0v) is 13.1. The van der Waals surface area contributed by atoms with E-state index in [9.17, 15) is 8.42 Å². The lowest BCUT2D eigenvalue weighted by Crippen LogP contribution is -1.99. The van der Waals surface area contributed by atoms with E-state index < -0.39 is 9.84 Å². The van der Waals surface area contributed by atoms with E-state index in [0.29, 0.717) is 22.9 Å². The highest BCUT2D eigenvalue weighted by atomic mass is 32.2. The molecule has 0 unspecified atom stereocenters. The van der Waals surface area contributed by atoms with Gasteiger partial charge in [-0.15, -0.1) is 0 Å². The lowest BCUT2D eigenvalue weighted by molar-refractivity contribution is 0.533. The summed E-state index contributed by atoms with van der Waals surface area (Å²) in [5, 5.41) is 0. The molecule has 22 heavy (non-hydrogen) atoms. The number of sulfone groups is 1. The summed E-state index contributed by atoms with van der Waals surface area (Å²) in [5.74, 6) is 0.974. The monoisotopic (exact) mass is 313 g/mol. The minimum absolute atomic E-state index is 0.239. The van der Waals surface area contributed by atoms with Crippen LogP contribution < -0.4 is 0 Å². The van der Waals surface area contributed by atoms with Crippen molar-refractivity contribution in [3.8, 4) is 22.6 Å². The van der Waals surface area contributed by atoms with Gasteiger partial charge >= 0.3 is 0 Å². The molecule has 1 aromatic heterocycles. The second kappa shape index (κ2) is 5.42. The van der Waals surface area contributed by atoms with Crippen molar-refractivity contribution in [1.29, 1.82) is 0 Å². The zero-order chi connectivity index (χ0) is 15.7. The summed E-state index contributed by atoms with van der Waals surface area (Å²) in [6, 6.07) is 16.4. The highest BCUT2D eigenvalue weighted by Crippen LogP contribution is 2.35. The van der Waals surface area contributed by atoms with Crippen molar-refractivity contribution in [2.24, 2.45) is 0 Å². The first-order chi connectivity index (χ1) is 10.5. The summed E-state index contributed by atoms with van der Waals surface area (Å²) in [6.45, 7) is 1.75. The first kappa shape index (κ1) is 14.5. The maximum Gasteiger partial charge on any atom is 0.192 e. The standard InChI is InChI=1S/C17H15NO3S/c1-12-18-16(13-8-4-3-5-9-13)17(21-12)14-10-6-7-11-15(14)22(2,19)20/h3-11H,1-2H3. The van der Waals surface area contributed by atoms with Gasteiger partial charge in [0.05, 0.1) is 4.90 Å². The maximum absolute atomic E-state index is 12.0. The summed E-state index contributed by atoms with van der Waals surface area (Å²) in [6.07, 6.45) is 1.19. The smallest absolute Gasteiger partial charge is 0.192 e. The van der Waals surface area contributed by atoms with E-state index >= 15 is 0 Å². The fourth-order valence-corrected chi connectivity index (χ4v) is 3.26. The minimum atomic E-state index is -3.36. The Morgan fingerprint density at radius 3 is 2.27 bits per heavy atom. The van der Waals surface area contributed by atoms with Crippen molar-refractivity contribution >= 4 is 9.84 Å². The topological polar surface area (TPSA) is 60.2 Å². The Labute approximate surface area is 129 Å². The molecule has 2 aromatic carbocycles. The van der Waals surface area contributed by atoms with Crippen LogP contribution in [0.15, 0.2) is 63.9 Å². The summed E-state index contributed by atoms with van der Waals surface area (Å²) in [5.41, 5.74) is 2.07. The third kappa shape index (κ3) is 2.67. The third-order valence-electron chi connectivity index (χ3n) is 3.31. The molecule has 0 saturated carbocycles. The molecule has 0 spiro atoms. The first-order valence-electron chi connectivity index (χ1n) is 6.79. The highest BCUT2D eigenvalue weighted by Gasteiger charge is 2.21. The Bertz CT molecular complexity index is 912. The van der Waals surface area contributed by atoms with Gasteiger partial charge in [-0.3, -0.25) is 0 Å². The molecule has 3 rings (SSSR count). The van der Waals surface area contributed by atoms with Gasteiger partial charge in [-0.25, -0.2) is 13.4 Å².